The molecule has 0 atom stereocenters. The number of amides is 2. The summed E-state index contributed by atoms with van der Waals surface area (Å²) in [4.78, 5) is 29.7. The van der Waals surface area contributed by atoms with Gasteiger partial charge in [0.05, 0.1) is 12.6 Å². The van der Waals surface area contributed by atoms with Gasteiger partial charge in [0.25, 0.3) is 0 Å². The van der Waals surface area contributed by atoms with Gasteiger partial charge in [-0.05, 0) is 66.9 Å². The molecule has 3 aromatic carbocycles. The number of rotatable bonds is 8. The second-order valence-electron chi connectivity index (χ2n) is 9.62. The van der Waals surface area contributed by atoms with Gasteiger partial charge in [-0.15, -0.1) is 5.10 Å². The first-order valence-corrected chi connectivity index (χ1v) is 12.8. The first-order valence-electron chi connectivity index (χ1n) is 12.8. The molecular weight excluding hydrogens is 485 g/mol. The molecule has 38 heavy (non-hydrogen) atoms. The van der Waals surface area contributed by atoms with Gasteiger partial charge in [0.2, 0.25) is 11.8 Å². The third-order valence-corrected chi connectivity index (χ3v) is 7.23. The van der Waals surface area contributed by atoms with Crippen molar-refractivity contribution >= 4 is 28.5 Å². The maximum atomic E-state index is 14.0. The number of carbonyl (C=O) groups excluding carboxylic acids is 2. The number of aromatic nitrogens is 3. The fraction of sp³-hybridized carbons (Fsp3) is 0.310. The average molecular weight is 516 g/mol. The van der Waals surface area contributed by atoms with Gasteiger partial charge in [0.15, 0.2) is 0 Å². The van der Waals surface area contributed by atoms with Crippen molar-refractivity contribution in [2.75, 3.05) is 12.4 Å². The summed E-state index contributed by atoms with van der Waals surface area (Å²) < 4.78 is 20.5. The third-order valence-electron chi connectivity index (χ3n) is 7.23. The number of carbonyl (C=O) groups is 2. The number of nitrogens with one attached hydrogen (secondary N) is 1. The van der Waals surface area contributed by atoms with Crippen LogP contribution in [0.3, 0.4) is 0 Å². The molecule has 0 saturated heterocycles. The molecule has 0 bridgehead atoms. The van der Waals surface area contributed by atoms with E-state index in [2.05, 4.69) is 15.6 Å². The predicted molar refractivity (Wildman–Crippen MR) is 142 cm³/mol. The fourth-order valence-corrected chi connectivity index (χ4v) is 5.18. The zero-order chi connectivity index (χ0) is 26.5. The Labute approximate surface area is 220 Å². The minimum absolute atomic E-state index is 0.0702. The number of ether oxygens (including phenoxy) is 1. The zero-order valence-corrected chi connectivity index (χ0v) is 21.3. The monoisotopic (exact) mass is 515 g/mol. The minimum atomic E-state index is -1.07. The average Bonchev–Trinajstić information content (AvgIpc) is 3.36. The molecule has 1 aromatic heterocycles. The van der Waals surface area contributed by atoms with E-state index >= 15 is 0 Å². The molecule has 8 nitrogen and oxygen atoms in total. The first-order chi connectivity index (χ1) is 18.5. The van der Waals surface area contributed by atoms with Gasteiger partial charge in [-0.1, -0.05) is 48.7 Å². The summed E-state index contributed by atoms with van der Waals surface area (Å²) in [6, 6.07) is 20.6. The molecule has 1 fully saturated rings. The number of benzene rings is 3. The molecule has 196 valence electrons. The largest absolute Gasteiger partial charge is 0.497 e. The lowest BCUT2D eigenvalue weighted by Crippen LogP contribution is -2.60. The van der Waals surface area contributed by atoms with Crippen molar-refractivity contribution in [3.8, 4) is 5.75 Å². The van der Waals surface area contributed by atoms with Crippen LogP contribution >= 0.6 is 0 Å². The molecular formula is C29H30FN5O3. The van der Waals surface area contributed by atoms with E-state index in [0.717, 1.165) is 30.3 Å². The van der Waals surface area contributed by atoms with Gasteiger partial charge < -0.3 is 15.0 Å². The number of halogens is 1. The van der Waals surface area contributed by atoms with Crippen LogP contribution in [0.15, 0.2) is 72.8 Å². The molecule has 5 rings (SSSR count). The zero-order valence-electron chi connectivity index (χ0n) is 21.3. The summed E-state index contributed by atoms with van der Waals surface area (Å²) >= 11 is 0. The minimum Gasteiger partial charge on any atom is -0.497 e. The summed E-state index contributed by atoms with van der Waals surface area (Å²) in [5.74, 6) is -0.160. The van der Waals surface area contributed by atoms with Gasteiger partial charge in [-0.3, -0.25) is 9.59 Å². The molecule has 4 aromatic rings. The quantitative estimate of drug-likeness (QED) is 0.359. The van der Waals surface area contributed by atoms with E-state index in [1.165, 1.54) is 12.1 Å². The molecule has 9 heteroatoms. The van der Waals surface area contributed by atoms with Crippen LogP contribution in [-0.4, -0.2) is 44.4 Å². The van der Waals surface area contributed by atoms with Gasteiger partial charge in [0.1, 0.15) is 29.2 Å². The maximum Gasteiger partial charge on any atom is 0.250 e. The van der Waals surface area contributed by atoms with Crippen LogP contribution in [0.25, 0.3) is 11.0 Å². The Kier molecular flexibility index (Phi) is 7.35. The van der Waals surface area contributed by atoms with Crippen LogP contribution in [0.1, 0.15) is 37.7 Å². The Hall–Kier alpha value is -4.27. The number of methoxy groups -OCH3 is 1. The summed E-state index contributed by atoms with van der Waals surface area (Å²) in [5.41, 5.74) is 1.72. The Morgan fingerprint density at radius 2 is 1.71 bits per heavy atom. The highest BCUT2D eigenvalue weighted by molar-refractivity contribution is 6.00. The van der Waals surface area contributed by atoms with Gasteiger partial charge in [-0.25, -0.2) is 9.07 Å². The van der Waals surface area contributed by atoms with Crippen molar-refractivity contribution < 1.29 is 18.7 Å². The standard InChI is InChI=1S/C29H30FN5O3/c1-38-24-15-13-23(14-16-24)31-28(37)29(17-5-2-6-18-29)34(19-21-9-11-22(30)12-10-21)27(36)20-35-26-8-4-3-7-25(26)32-33-35/h3-4,7-16H,2,5-6,17-20H2,1H3,(H,31,37). The number of hydrogen-bond acceptors (Lipinski definition) is 5. The number of para-hydroxylation sites is 1. The molecule has 0 radical (unpaired) electrons. The summed E-state index contributed by atoms with van der Waals surface area (Å²) in [6.45, 7) is 0.0983. The van der Waals surface area contributed by atoms with Crippen molar-refractivity contribution in [3.63, 3.8) is 0 Å². The molecule has 0 aliphatic heterocycles. The van der Waals surface area contributed by atoms with Crippen LogP contribution in [0.2, 0.25) is 0 Å². The van der Waals surface area contributed by atoms with Gasteiger partial charge in [0, 0.05) is 12.2 Å². The van der Waals surface area contributed by atoms with Crippen molar-refractivity contribution in [1.29, 1.82) is 0 Å². The molecule has 1 saturated carbocycles. The number of fused-ring (bicyclic) bond motifs is 1. The Morgan fingerprint density at radius 3 is 2.42 bits per heavy atom. The van der Waals surface area contributed by atoms with Crippen LogP contribution in [0, 0.1) is 5.82 Å². The Balaban J connectivity index is 1.50. The first kappa shape index (κ1) is 25.4. The molecule has 1 aliphatic rings. The molecule has 1 N–H and O–H groups in total. The van der Waals surface area contributed by atoms with Crippen LogP contribution in [0.5, 0.6) is 5.75 Å². The second-order valence-corrected chi connectivity index (χ2v) is 9.62. The lowest BCUT2D eigenvalue weighted by molar-refractivity contribution is -0.149. The maximum absolute atomic E-state index is 14.0. The highest BCUT2D eigenvalue weighted by atomic mass is 19.1. The van der Waals surface area contributed by atoms with E-state index in [0.29, 0.717) is 29.8 Å². The molecule has 0 spiro atoms. The number of hydrogen-bond donors (Lipinski definition) is 1. The number of anilines is 1. The molecule has 1 aliphatic carbocycles. The highest BCUT2D eigenvalue weighted by Crippen LogP contribution is 2.37. The highest BCUT2D eigenvalue weighted by Gasteiger charge is 2.47. The van der Waals surface area contributed by atoms with Crippen molar-refractivity contribution in [2.24, 2.45) is 0 Å². The van der Waals surface area contributed by atoms with Gasteiger partial charge in [-0.2, -0.15) is 0 Å². The van der Waals surface area contributed by atoms with Gasteiger partial charge >= 0.3 is 0 Å². The fourth-order valence-electron chi connectivity index (χ4n) is 5.18. The molecule has 2 amide bonds. The lowest BCUT2D eigenvalue weighted by Gasteiger charge is -2.45. The van der Waals surface area contributed by atoms with E-state index in [-0.39, 0.29) is 30.7 Å². The van der Waals surface area contributed by atoms with Crippen LogP contribution < -0.4 is 10.1 Å². The second kappa shape index (κ2) is 11.0. The van der Waals surface area contributed by atoms with E-state index in [1.54, 1.807) is 53.1 Å². The van der Waals surface area contributed by atoms with Crippen molar-refractivity contribution in [2.45, 2.75) is 50.7 Å². The predicted octanol–water partition coefficient (Wildman–Crippen LogP) is 4.95. The summed E-state index contributed by atoms with van der Waals surface area (Å²) in [5, 5.41) is 11.4. The summed E-state index contributed by atoms with van der Waals surface area (Å²) in [7, 11) is 1.59. The number of nitrogens with zero attached hydrogens (tertiary/aromatic N) is 4. The van der Waals surface area contributed by atoms with Crippen molar-refractivity contribution in [1.82, 2.24) is 19.9 Å². The Bertz CT molecular complexity index is 1410. The molecule has 1 heterocycles. The SMILES string of the molecule is COc1ccc(NC(=O)C2(N(Cc3ccc(F)cc3)C(=O)Cn3nnc4ccccc43)CCCCC2)cc1. The van der Waals surface area contributed by atoms with E-state index in [1.807, 2.05) is 24.3 Å². The summed E-state index contributed by atoms with van der Waals surface area (Å²) in [6.07, 6.45) is 3.68. The van der Waals surface area contributed by atoms with Crippen LogP contribution in [-0.2, 0) is 22.7 Å². The van der Waals surface area contributed by atoms with Crippen LogP contribution in [0.4, 0.5) is 10.1 Å². The van der Waals surface area contributed by atoms with E-state index in [4.69, 9.17) is 4.74 Å². The van der Waals surface area contributed by atoms with Crippen molar-refractivity contribution in [3.05, 3.63) is 84.2 Å². The van der Waals surface area contributed by atoms with E-state index < -0.39 is 5.54 Å². The Morgan fingerprint density at radius 1 is 1.00 bits per heavy atom. The lowest BCUT2D eigenvalue weighted by atomic mass is 9.78. The topological polar surface area (TPSA) is 89.4 Å². The van der Waals surface area contributed by atoms with E-state index in [9.17, 15) is 14.0 Å². The molecule has 0 unspecified atom stereocenters. The third kappa shape index (κ3) is 5.22. The smallest absolute Gasteiger partial charge is 0.250 e. The normalized spacial score (nSPS) is 14.7.